The van der Waals surface area contributed by atoms with Crippen molar-refractivity contribution in [1.29, 1.82) is 0 Å². The van der Waals surface area contributed by atoms with Crippen molar-refractivity contribution < 1.29 is 9.97 Å². The van der Waals surface area contributed by atoms with Crippen LogP contribution in [0.3, 0.4) is 0 Å². The SMILES string of the molecule is c1cc[nH+]cc1.c1cc[nH+]cc1.c1ccc([B-](c2ccccc2)(c2ccccc2)c2ccccc2)cc1.c1ccc([B-](c2ccccc2)(c2ccccc2)c2ccccc2)cc1. The maximum absolute atomic E-state index is 2.89. The average Bonchev–Trinajstić information content (AvgIpc) is 3.39. The van der Waals surface area contributed by atoms with E-state index in [2.05, 4.69) is 253 Å². The zero-order valence-electron chi connectivity index (χ0n) is 35.0. The number of rotatable bonds is 8. The van der Waals surface area contributed by atoms with E-state index < -0.39 is 12.3 Å². The highest BCUT2D eigenvalue weighted by molar-refractivity contribution is 7.20. The predicted octanol–water partition coefficient (Wildman–Crippen LogP) is 7.13. The first-order valence-corrected chi connectivity index (χ1v) is 21.4. The molecule has 2 heterocycles. The van der Waals surface area contributed by atoms with Crippen molar-refractivity contribution in [3.63, 3.8) is 0 Å². The van der Waals surface area contributed by atoms with Crippen molar-refractivity contribution in [2.45, 2.75) is 0 Å². The predicted molar refractivity (Wildman–Crippen MR) is 266 cm³/mol. The molecule has 0 aliphatic heterocycles. The number of aromatic nitrogens is 2. The molecule has 0 saturated heterocycles. The third-order valence-corrected chi connectivity index (χ3v) is 11.6. The Kier molecular flexibility index (Phi) is 15.4. The smallest absolute Gasteiger partial charge is 0.166 e. The van der Waals surface area contributed by atoms with Crippen LogP contribution in [-0.2, 0) is 0 Å². The molecule has 4 heteroatoms. The van der Waals surface area contributed by atoms with Crippen LogP contribution in [0.4, 0.5) is 0 Å². The first-order chi connectivity index (χ1) is 30.8. The van der Waals surface area contributed by atoms with Crippen LogP contribution in [0.25, 0.3) is 0 Å². The van der Waals surface area contributed by atoms with Gasteiger partial charge in [0.2, 0.25) is 0 Å². The van der Waals surface area contributed by atoms with Crippen molar-refractivity contribution in [3.8, 4) is 0 Å². The molecule has 0 aliphatic carbocycles. The van der Waals surface area contributed by atoms with Gasteiger partial charge in [-0.3, -0.25) is 0 Å². The molecule has 62 heavy (non-hydrogen) atoms. The molecule has 0 atom stereocenters. The van der Waals surface area contributed by atoms with Gasteiger partial charge in [-0.15, -0.1) is 0 Å². The summed E-state index contributed by atoms with van der Waals surface area (Å²) in [6.45, 7) is 0. The number of hydrogen-bond donors (Lipinski definition) is 0. The van der Waals surface area contributed by atoms with E-state index in [1.807, 2.05) is 61.2 Å². The lowest BCUT2D eigenvalue weighted by molar-refractivity contribution is -0.378. The molecular weight excluding hydrogens is 746 g/mol. The molecule has 2 aromatic heterocycles. The first-order valence-electron chi connectivity index (χ1n) is 21.4. The number of H-pyrrole nitrogens is 2. The Labute approximate surface area is 368 Å². The minimum atomic E-state index is -1.22. The molecule has 8 aromatic carbocycles. The van der Waals surface area contributed by atoms with E-state index in [0.717, 1.165) is 0 Å². The highest BCUT2D eigenvalue weighted by Gasteiger charge is 2.32. The number of pyridine rings is 2. The number of benzene rings is 8. The zero-order valence-corrected chi connectivity index (χ0v) is 35.0. The fourth-order valence-electron chi connectivity index (χ4n) is 8.93. The average molecular weight is 799 g/mol. The van der Waals surface area contributed by atoms with Crippen LogP contribution in [0.15, 0.2) is 304 Å². The summed E-state index contributed by atoms with van der Waals surface area (Å²) in [6.07, 6.45) is 5.07. The van der Waals surface area contributed by atoms with Crippen molar-refractivity contribution in [3.05, 3.63) is 304 Å². The third kappa shape index (κ3) is 10.1. The minimum Gasteiger partial charge on any atom is -0.218 e. The van der Waals surface area contributed by atoms with Crippen molar-refractivity contribution in [2.24, 2.45) is 0 Å². The molecule has 0 fully saturated rings. The third-order valence-electron chi connectivity index (χ3n) is 11.6. The van der Waals surface area contributed by atoms with Crippen LogP contribution in [-0.4, -0.2) is 12.3 Å². The highest BCUT2D eigenvalue weighted by Crippen LogP contribution is 2.11. The van der Waals surface area contributed by atoms with Crippen LogP contribution in [0.1, 0.15) is 0 Å². The zero-order chi connectivity index (χ0) is 42.4. The van der Waals surface area contributed by atoms with Crippen molar-refractivity contribution in [2.75, 3.05) is 0 Å². The monoisotopic (exact) mass is 798 g/mol. The van der Waals surface area contributed by atoms with E-state index in [1.54, 1.807) is 0 Å². The number of nitrogens with one attached hydrogen (secondary N) is 2. The van der Waals surface area contributed by atoms with E-state index in [0.29, 0.717) is 0 Å². The lowest BCUT2D eigenvalue weighted by Crippen LogP contribution is -2.74. The molecule has 0 aliphatic rings. The Hall–Kier alpha value is -7.81. The number of hydrogen-bond acceptors (Lipinski definition) is 0. The summed E-state index contributed by atoms with van der Waals surface area (Å²) < 4.78 is 0. The summed E-state index contributed by atoms with van der Waals surface area (Å²) in [5.41, 5.74) is 10.7. The van der Waals surface area contributed by atoms with Gasteiger partial charge in [-0.05, 0) is 0 Å². The van der Waals surface area contributed by atoms with Gasteiger partial charge < -0.3 is 0 Å². The Balaban J connectivity index is 0.000000147. The summed E-state index contributed by atoms with van der Waals surface area (Å²) in [5.74, 6) is 0. The van der Waals surface area contributed by atoms with Gasteiger partial charge in [-0.1, -0.05) is 255 Å². The van der Waals surface area contributed by atoms with Crippen LogP contribution >= 0.6 is 0 Å². The maximum atomic E-state index is 2.89. The van der Waals surface area contributed by atoms with Crippen LogP contribution < -0.4 is 53.7 Å². The Morgan fingerprint density at radius 3 is 0.387 bits per heavy atom. The topological polar surface area (TPSA) is 28.3 Å². The van der Waals surface area contributed by atoms with Crippen LogP contribution in [0.5, 0.6) is 0 Å². The standard InChI is InChI=1S/2C24H20B.2C5H5N/c2*1-5-13-21(14-6-1)25(22-15-7-2-8-16-22,23-17-9-3-10-18-23)24-19-11-4-12-20-24;2*1-2-4-6-5-3-1/h2*1-20H;2*1-5H/q2*-1;;/p+2. The second-order valence-electron chi connectivity index (χ2n) is 15.2. The molecule has 0 bridgehead atoms. The van der Waals surface area contributed by atoms with Crippen LogP contribution in [0, 0.1) is 0 Å². The summed E-state index contributed by atoms with van der Waals surface area (Å²) in [7, 11) is 0. The number of aromatic amines is 2. The highest BCUT2D eigenvalue weighted by atomic mass is 14.6. The van der Waals surface area contributed by atoms with E-state index in [1.165, 1.54) is 43.7 Å². The summed E-state index contributed by atoms with van der Waals surface area (Å²) >= 11 is 0. The summed E-state index contributed by atoms with van der Waals surface area (Å²) in [6, 6.07) is 98.8. The van der Waals surface area contributed by atoms with E-state index in [9.17, 15) is 0 Å². The molecule has 10 rings (SSSR count). The first kappa shape index (κ1) is 42.3. The molecule has 2 nitrogen and oxygen atoms in total. The van der Waals surface area contributed by atoms with E-state index in [4.69, 9.17) is 0 Å². The van der Waals surface area contributed by atoms with Gasteiger partial charge in [0.15, 0.2) is 24.8 Å². The molecule has 0 unspecified atom stereocenters. The van der Waals surface area contributed by atoms with Gasteiger partial charge in [-0.2, -0.15) is 43.7 Å². The normalized spacial score (nSPS) is 10.6. The Bertz CT molecular complexity index is 2110. The molecule has 300 valence electrons. The molecule has 0 amide bonds. The molecular formula is C58H52B2N2. The molecule has 0 radical (unpaired) electrons. The van der Waals surface area contributed by atoms with Gasteiger partial charge >= 0.3 is 0 Å². The molecule has 2 N–H and O–H groups in total. The second kappa shape index (κ2) is 22.5. The van der Waals surface area contributed by atoms with Crippen LogP contribution in [0.2, 0.25) is 0 Å². The molecule has 0 saturated carbocycles. The lowest BCUT2D eigenvalue weighted by atomic mass is 9.13. The maximum Gasteiger partial charge on any atom is 0.166 e. The largest absolute Gasteiger partial charge is 0.218 e. The Morgan fingerprint density at radius 2 is 0.290 bits per heavy atom. The Morgan fingerprint density at radius 1 is 0.161 bits per heavy atom. The lowest BCUT2D eigenvalue weighted by Gasteiger charge is -2.44. The van der Waals surface area contributed by atoms with E-state index in [-0.39, 0.29) is 0 Å². The van der Waals surface area contributed by atoms with Crippen molar-refractivity contribution >= 4 is 56.0 Å². The fraction of sp³-hybridized carbons (Fsp3) is 0. The fourth-order valence-corrected chi connectivity index (χ4v) is 8.93. The quantitative estimate of drug-likeness (QED) is 0.147. The van der Waals surface area contributed by atoms with Crippen molar-refractivity contribution in [1.82, 2.24) is 0 Å². The van der Waals surface area contributed by atoms with Gasteiger partial charge in [0.1, 0.15) is 12.3 Å². The second-order valence-corrected chi connectivity index (χ2v) is 15.2. The van der Waals surface area contributed by atoms with Gasteiger partial charge in [0.25, 0.3) is 0 Å². The van der Waals surface area contributed by atoms with Gasteiger partial charge in [-0.25, -0.2) is 9.97 Å². The summed E-state index contributed by atoms with van der Waals surface area (Å²) in [4.78, 5) is 5.78. The molecule has 10 aromatic rings. The minimum absolute atomic E-state index is 1.22. The molecule has 0 spiro atoms. The van der Waals surface area contributed by atoms with Gasteiger partial charge in [0, 0.05) is 24.3 Å². The van der Waals surface area contributed by atoms with Gasteiger partial charge in [0.05, 0.1) is 0 Å². The summed E-state index contributed by atoms with van der Waals surface area (Å²) in [5, 5.41) is 0. The van der Waals surface area contributed by atoms with E-state index >= 15 is 0 Å².